The number of aryl methyl sites for hydroxylation is 1. The largest absolute Gasteiger partial charge is 0.313 e. The maximum atomic E-state index is 3.53. The van der Waals surface area contributed by atoms with E-state index in [1.807, 2.05) is 0 Å². The van der Waals surface area contributed by atoms with Crippen LogP contribution >= 0.6 is 0 Å². The molecule has 0 heterocycles. The Bertz CT molecular complexity index is 356. The summed E-state index contributed by atoms with van der Waals surface area (Å²) >= 11 is 0. The average Bonchev–Trinajstić information content (AvgIpc) is 2.35. The van der Waals surface area contributed by atoms with Crippen molar-refractivity contribution in [3.63, 3.8) is 0 Å². The van der Waals surface area contributed by atoms with Crippen LogP contribution in [0.4, 0.5) is 0 Å². The van der Waals surface area contributed by atoms with Crippen LogP contribution in [-0.2, 0) is 6.42 Å². The van der Waals surface area contributed by atoms with Crippen molar-refractivity contribution in [3.05, 3.63) is 35.4 Å². The summed E-state index contributed by atoms with van der Waals surface area (Å²) in [5.41, 5.74) is 3.09. The second kappa shape index (κ2) is 5.68. The first-order valence-electron chi connectivity index (χ1n) is 6.97. The normalized spacial score (nSPS) is 23.8. The van der Waals surface area contributed by atoms with Crippen LogP contribution in [0.25, 0.3) is 0 Å². The first-order chi connectivity index (χ1) is 8.22. The molecule has 2 rings (SSSR count). The van der Waals surface area contributed by atoms with Crippen molar-refractivity contribution < 1.29 is 0 Å². The van der Waals surface area contributed by atoms with Gasteiger partial charge in [-0.2, -0.15) is 0 Å². The Morgan fingerprint density at radius 3 is 2.76 bits per heavy atom. The zero-order chi connectivity index (χ0) is 12.3. The molecule has 1 heteroatoms. The average molecular weight is 231 g/mol. The second-order valence-electron chi connectivity index (χ2n) is 5.74. The van der Waals surface area contributed by atoms with E-state index in [1.54, 1.807) is 5.56 Å². The summed E-state index contributed by atoms with van der Waals surface area (Å²) in [6.07, 6.45) is 5.31. The van der Waals surface area contributed by atoms with Gasteiger partial charge < -0.3 is 5.32 Å². The maximum absolute atomic E-state index is 3.53. The second-order valence-corrected chi connectivity index (χ2v) is 5.74. The lowest BCUT2D eigenvalue weighted by Crippen LogP contribution is -2.30. The van der Waals surface area contributed by atoms with Crippen LogP contribution in [0, 0.1) is 11.8 Å². The SMILES string of the molecule is CNC1c2ccccc2CCC1CCC(C)C. The van der Waals surface area contributed by atoms with Crippen molar-refractivity contribution in [2.24, 2.45) is 11.8 Å². The number of hydrogen-bond donors (Lipinski definition) is 1. The molecule has 94 valence electrons. The summed E-state index contributed by atoms with van der Waals surface area (Å²) in [5, 5.41) is 3.53. The third-order valence-electron chi connectivity index (χ3n) is 4.07. The fourth-order valence-corrected chi connectivity index (χ4v) is 3.08. The molecule has 0 bridgehead atoms. The van der Waals surface area contributed by atoms with Gasteiger partial charge in [-0.15, -0.1) is 0 Å². The molecule has 0 saturated carbocycles. The smallest absolute Gasteiger partial charge is 0.0349 e. The van der Waals surface area contributed by atoms with Gasteiger partial charge in [0.1, 0.15) is 0 Å². The van der Waals surface area contributed by atoms with E-state index in [4.69, 9.17) is 0 Å². The monoisotopic (exact) mass is 231 g/mol. The van der Waals surface area contributed by atoms with Crippen LogP contribution in [-0.4, -0.2) is 7.05 Å². The minimum atomic E-state index is 0.568. The Morgan fingerprint density at radius 1 is 1.29 bits per heavy atom. The third-order valence-corrected chi connectivity index (χ3v) is 4.07. The Kier molecular flexibility index (Phi) is 4.22. The summed E-state index contributed by atoms with van der Waals surface area (Å²) in [7, 11) is 2.11. The molecule has 1 aliphatic carbocycles. The highest BCUT2D eigenvalue weighted by Gasteiger charge is 2.27. The standard InChI is InChI=1S/C16H25N/c1-12(2)8-9-14-11-10-13-6-4-5-7-15(13)16(14)17-3/h4-7,12,14,16-17H,8-11H2,1-3H3. The Morgan fingerprint density at radius 2 is 2.06 bits per heavy atom. The fourth-order valence-electron chi connectivity index (χ4n) is 3.08. The number of rotatable bonds is 4. The van der Waals surface area contributed by atoms with E-state index >= 15 is 0 Å². The van der Waals surface area contributed by atoms with Crippen molar-refractivity contribution in [2.45, 2.75) is 45.6 Å². The van der Waals surface area contributed by atoms with Gasteiger partial charge in [-0.05, 0) is 49.3 Å². The van der Waals surface area contributed by atoms with Gasteiger partial charge in [-0.3, -0.25) is 0 Å². The molecule has 1 aromatic rings. The summed E-state index contributed by atoms with van der Waals surface area (Å²) in [6, 6.07) is 9.50. The minimum Gasteiger partial charge on any atom is -0.313 e. The van der Waals surface area contributed by atoms with Crippen LogP contribution in [0.3, 0.4) is 0 Å². The van der Waals surface area contributed by atoms with Gasteiger partial charge in [0.05, 0.1) is 0 Å². The Hall–Kier alpha value is -0.820. The van der Waals surface area contributed by atoms with E-state index in [0.29, 0.717) is 6.04 Å². The van der Waals surface area contributed by atoms with Gasteiger partial charge in [0, 0.05) is 6.04 Å². The molecular formula is C16H25N. The lowest BCUT2D eigenvalue weighted by molar-refractivity contribution is 0.297. The van der Waals surface area contributed by atoms with E-state index < -0.39 is 0 Å². The quantitative estimate of drug-likeness (QED) is 0.827. The van der Waals surface area contributed by atoms with E-state index in [9.17, 15) is 0 Å². The van der Waals surface area contributed by atoms with Crippen molar-refractivity contribution in [1.29, 1.82) is 0 Å². The molecule has 1 N–H and O–H groups in total. The summed E-state index contributed by atoms with van der Waals surface area (Å²) < 4.78 is 0. The molecule has 0 aromatic heterocycles. The predicted molar refractivity (Wildman–Crippen MR) is 74.1 cm³/mol. The lowest BCUT2D eigenvalue weighted by atomic mass is 9.77. The van der Waals surface area contributed by atoms with E-state index in [1.165, 1.54) is 31.2 Å². The third kappa shape index (κ3) is 2.90. The molecule has 1 nitrogen and oxygen atoms in total. The molecule has 0 fully saturated rings. The van der Waals surface area contributed by atoms with Crippen LogP contribution in [0.15, 0.2) is 24.3 Å². The first-order valence-corrected chi connectivity index (χ1v) is 6.97. The zero-order valence-electron chi connectivity index (χ0n) is 11.4. The van der Waals surface area contributed by atoms with Gasteiger partial charge in [-0.25, -0.2) is 0 Å². The molecule has 0 saturated heterocycles. The van der Waals surface area contributed by atoms with E-state index in [-0.39, 0.29) is 0 Å². The van der Waals surface area contributed by atoms with Gasteiger partial charge in [0.15, 0.2) is 0 Å². The van der Waals surface area contributed by atoms with Crippen molar-refractivity contribution in [1.82, 2.24) is 5.32 Å². The molecule has 2 atom stereocenters. The fraction of sp³-hybridized carbons (Fsp3) is 0.625. The summed E-state index contributed by atoms with van der Waals surface area (Å²) in [6.45, 7) is 4.65. The van der Waals surface area contributed by atoms with E-state index in [0.717, 1.165) is 11.8 Å². The molecule has 2 unspecified atom stereocenters. The Labute approximate surface area is 106 Å². The first kappa shape index (κ1) is 12.6. The molecule has 0 radical (unpaired) electrons. The van der Waals surface area contributed by atoms with Gasteiger partial charge >= 0.3 is 0 Å². The molecule has 17 heavy (non-hydrogen) atoms. The molecular weight excluding hydrogens is 206 g/mol. The van der Waals surface area contributed by atoms with Crippen molar-refractivity contribution >= 4 is 0 Å². The summed E-state index contributed by atoms with van der Waals surface area (Å²) in [5.74, 6) is 1.64. The number of hydrogen-bond acceptors (Lipinski definition) is 1. The minimum absolute atomic E-state index is 0.568. The number of nitrogens with one attached hydrogen (secondary N) is 1. The van der Waals surface area contributed by atoms with Gasteiger partial charge in [-0.1, -0.05) is 44.5 Å². The van der Waals surface area contributed by atoms with Gasteiger partial charge in [0.25, 0.3) is 0 Å². The lowest BCUT2D eigenvalue weighted by Gasteiger charge is -2.34. The summed E-state index contributed by atoms with van der Waals surface area (Å²) in [4.78, 5) is 0. The van der Waals surface area contributed by atoms with Crippen molar-refractivity contribution in [3.8, 4) is 0 Å². The molecule has 1 aliphatic rings. The molecule has 0 amide bonds. The predicted octanol–water partition coefficient (Wildman–Crippen LogP) is 3.95. The number of benzene rings is 1. The highest BCUT2D eigenvalue weighted by molar-refractivity contribution is 5.32. The number of fused-ring (bicyclic) bond motifs is 1. The van der Waals surface area contributed by atoms with Crippen LogP contribution in [0.1, 0.15) is 50.3 Å². The highest BCUT2D eigenvalue weighted by atomic mass is 14.9. The van der Waals surface area contributed by atoms with Crippen molar-refractivity contribution in [2.75, 3.05) is 7.05 Å². The maximum Gasteiger partial charge on any atom is 0.0349 e. The topological polar surface area (TPSA) is 12.0 Å². The Balaban J connectivity index is 2.12. The molecule has 0 aliphatic heterocycles. The van der Waals surface area contributed by atoms with Crippen LogP contribution in [0.2, 0.25) is 0 Å². The van der Waals surface area contributed by atoms with Gasteiger partial charge in [0.2, 0.25) is 0 Å². The highest BCUT2D eigenvalue weighted by Crippen LogP contribution is 2.37. The molecule has 1 aromatic carbocycles. The van der Waals surface area contributed by atoms with Crippen LogP contribution in [0.5, 0.6) is 0 Å². The van der Waals surface area contributed by atoms with E-state index in [2.05, 4.69) is 50.5 Å². The zero-order valence-corrected chi connectivity index (χ0v) is 11.4. The molecule has 0 spiro atoms. The van der Waals surface area contributed by atoms with Crippen LogP contribution < -0.4 is 5.32 Å².